The topological polar surface area (TPSA) is 67.2 Å². The Hall–Kier alpha value is -2.63. The Morgan fingerprint density at radius 1 is 1.29 bits per heavy atom. The number of nitrogens with one attached hydrogen (secondary N) is 1. The molecule has 1 saturated heterocycles. The lowest BCUT2D eigenvalue weighted by Crippen LogP contribution is -2.30. The fourth-order valence-electron chi connectivity index (χ4n) is 3.15. The molecule has 1 aromatic heterocycles. The van der Waals surface area contributed by atoms with Crippen LogP contribution < -0.4 is 5.32 Å². The second-order valence-corrected chi connectivity index (χ2v) is 6.22. The second-order valence-electron chi connectivity index (χ2n) is 6.22. The van der Waals surface area contributed by atoms with Gasteiger partial charge in [-0.1, -0.05) is 29.8 Å². The first-order valence-electron chi connectivity index (χ1n) is 8.16. The zero-order valence-corrected chi connectivity index (χ0v) is 14.2. The van der Waals surface area contributed by atoms with Gasteiger partial charge in [-0.15, -0.1) is 0 Å². The first kappa shape index (κ1) is 16.2. The van der Waals surface area contributed by atoms with Gasteiger partial charge in [0.05, 0.1) is 12.0 Å². The van der Waals surface area contributed by atoms with Gasteiger partial charge in [-0.3, -0.25) is 14.3 Å². The highest BCUT2D eigenvalue weighted by Gasteiger charge is 2.42. The van der Waals surface area contributed by atoms with Crippen LogP contribution in [0, 0.1) is 12.8 Å². The highest BCUT2D eigenvalue weighted by Crippen LogP contribution is 2.37. The van der Waals surface area contributed by atoms with Crippen molar-refractivity contribution in [2.75, 3.05) is 12.4 Å². The van der Waals surface area contributed by atoms with Gasteiger partial charge in [0.25, 0.3) is 0 Å². The van der Waals surface area contributed by atoms with Gasteiger partial charge in [-0.2, -0.15) is 5.10 Å². The molecule has 2 aromatic rings. The maximum atomic E-state index is 12.7. The van der Waals surface area contributed by atoms with E-state index in [0.717, 1.165) is 17.7 Å². The first-order valence-corrected chi connectivity index (χ1v) is 8.16. The van der Waals surface area contributed by atoms with E-state index in [0.29, 0.717) is 5.82 Å². The number of hydrogen-bond acceptors (Lipinski definition) is 3. The van der Waals surface area contributed by atoms with Gasteiger partial charge in [0.1, 0.15) is 0 Å². The molecule has 1 aromatic carbocycles. The molecule has 2 amide bonds. The van der Waals surface area contributed by atoms with Crippen LogP contribution in [0.15, 0.2) is 36.5 Å². The lowest BCUT2D eigenvalue weighted by molar-refractivity contribution is -0.127. The fraction of sp³-hybridized carbons (Fsp3) is 0.389. The summed E-state index contributed by atoms with van der Waals surface area (Å²) >= 11 is 0. The number of anilines is 1. The van der Waals surface area contributed by atoms with E-state index < -0.39 is 5.92 Å². The van der Waals surface area contributed by atoms with Crippen LogP contribution >= 0.6 is 0 Å². The van der Waals surface area contributed by atoms with Gasteiger partial charge >= 0.3 is 0 Å². The third-order valence-electron chi connectivity index (χ3n) is 4.56. The molecule has 2 heterocycles. The minimum absolute atomic E-state index is 0.0141. The summed E-state index contributed by atoms with van der Waals surface area (Å²) in [5.74, 6) is -0.0806. The van der Waals surface area contributed by atoms with Crippen molar-refractivity contribution in [2.24, 2.45) is 5.92 Å². The van der Waals surface area contributed by atoms with Crippen LogP contribution in [0.2, 0.25) is 0 Å². The molecule has 1 fully saturated rings. The molecular weight excluding hydrogens is 304 g/mol. The maximum Gasteiger partial charge on any atom is 0.231 e. The van der Waals surface area contributed by atoms with E-state index in [2.05, 4.69) is 10.4 Å². The van der Waals surface area contributed by atoms with E-state index in [1.165, 1.54) is 0 Å². The Kier molecular flexibility index (Phi) is 4.38. The molecular formula is C18H22N4O2. The van der Waals surface area contributed by atoms with Crippen molar-refractivity contribution < 1.29 is 9.59 Å². The Bertz CT molecular complexity index is 751. The monoisotopic (exact) mass is 326 g/mol. The predicted octanol–water partition coefficient (Wildman–Crippen LogP) is 2.37. The van der Waals surface area contributed by atoms with E-state index in [1.807, 2.05) is 44.3 Å². The van der Waals surface area contributed by atoms with Crippen molar-refractivity contribution in [1.29, 1.82) is 0 Å². The van der Waals surface area contributed by atoms with Crippen LogP contribution in [0.4, 0.5) is 5.82 Å². The van der Waals surface area contributed by atoms with Crippen LogP contribution in [0.3, 0.4) is 0 Å². The largest absolute Gasteiger partial charge is 0.338 e. The molecule has 24 heavy (non-hydrogen) atoms. The average molecular weight is 326 g/mol. The van der Waals surface area contributed by atoms with E-state index in [9.17, 15) is 9.59 Å². The number of amides is 2. The molecule has 1 aliphatic heterocycles. The smallest absolute Gasteiger partial charge is 0.231 e. The van der Waals surface area contributed by atoms with E-state index in [-0.39, 0.29) is 24.3 Å². The van der Waals surface area contributed by atoms with Crippen molar-refractivity contribution in [3.05, 3.63) is 47.7 Å². The minimum atomic E-state index is -0.419. The predicted molar refractivity (Wildman–Crippen MR) is 91.3 cm³/mol. The van der Waals surface area contributed by atoms with Gasteiger partial charge < -0.3 is 10.2 Å². The number of carbonyl (C=O) groups excluding carboxylic acids is 2. The summed E-state index contributed by atoms with van der Waals surface area (Å²) in [5, 5.41) is 7.11. The van der Waals surface area contributed by atoms with Crippen molar-refractivity contribution >= 4 is 17.6 Å². The minimum Gasteiger partial charge on any atom is -0.338 e. The molecule has 1 aliphatic rings. The molecule has 2 atom stereocenters. The molecule has 6 nitrogen and oxygen atoms in total. The Balaban J connectivity index is 1.82. The number of benzene rings is 1. The number of hydrogen-bond donors (Lipinski definition) is 1. The molecule has 126 valence electrons. The van der Waals surface area contributed by atoms with Gasteiger partial charge in [0, 0.05) is 32.3 Å². The summed E-state index contributed by atoms with van der Waals surface area (Å²) < 4.78 is 1.75. The van der Waals surface area contributed by atoms with Crippen LogP contribution in [0.5, 0.6) is 0 Å². The van der Waals surface area contributed by atoms with Crippen molar-refractivity contribution in [1.82, 2.24) is 14.7 Å². The number of nitrogens with zero attached hydrogens (tertiary/aromatic N) is 3. The molecule has 0 spiro atoms. The Morgan fingerprint density at radius 2 is 2.00 bits per heavy atom. The molecule has 0 bridgehead atoms. The summed E-state index contributed by atoms with van der Waals surface area (Å²) in [6.45, 7) is 4.74. The molecule has 2 unspecified atom stereocenters. The highest BCUT2D eigenvalue weighted by molar-refractivity contribution is 5.97. The van der Waals surface area contributed by atoms with Crippen molar-refractivity contribution in [2.45, 2.75) is 32.9 Å². The summed E-state index contributed by atoms with van der Waals surface area (Å²) in [7, 11) is 1.76. The molecule has 0 saturated carbocycles. The van der Waals surface area contributed by atoms with Gasteiger partial charge in [-0.05, 0) is 19.4 Å². The van der Waals surface area contributed by atoms with Crippen LogP contribution in [-0.4, -0.2) is 33.5 Å². The number of carbonyl (C=O) groups is 2. The van der Waals surface area contributed by atoms with Crippen molar-refractivity contribution in [3.8, 4) is 0 Å². The van der Waals surface area contributed by atoms with E-state index in [4.69, 9.17) is 0 Å². The van der Waals surface area contributed by atoms with E-state index in [1.54, 1.807) is 22.7 Å². The highest BCUT2D eigenvalue weighted by atomic mass is 16.2. The van der Waals surface area contributed by atoms with Gasteiger partial charge in [0.2, 0.25) is 11.8 Å². The summed E-state index contributed by atoms with van der Waals surface area (Å²) in [4.78, 5) is 26.5. The quantitative estimate of drug-likeness (QED) is 0.938. The number of likely N-dealkylation sites (tertiary alicyclic amines) is 1. The van der Waals surface area contributed by atoms with Gasteiger partial charge in [0.15, 0.2) is 5.82 Å². The maximum absolute atomic E-state index is 12.7. The fourth-order valence-corrected chi connectivity index (χ4v) is 3.15. The number of aromatic nitrogens is 2. The second kappa shape index (κ2) is 6.47. The lowest BCUT2D eigenvalue weighted by Gasteiger charge is -2.24. The van der Waals surface area contributed by atoms with E-state index >= 15 is 0 Å². The Morgan fingerprint density at radius 3 is 2.62 bits per heavy atom. The third-order valence-corrected chi connectivity index (χ3v) is 4.56. The summed E-state index contributed by atoms with van der Waals surface area (Å²) in [5.41, 5.74) is 2.13. The third kappa shape index (κ3) is 3.04. The normalized spacial score (nSPS) is 20.5. The number of aryl methyl sites for hydroxylation is 2. The van der Waals surface area contributed by atoms with Crippen molar-refractivity contribution in [3.63, 3.8) is 0 Å². The number of rotatable bonds is 4. The Labute approximate surface area is 141 Å². The SMILES string of the molecule is CCn1ccc(NC(=O)C2CC(=O)N(C)C2c2ccc(C)cc2)n1. The van der Waals surface area contributed by atoms with Gasteiger partial charge in [-0.25, -0.2) is 0 Å². The first-order chi connectivity index (χ1) is 11.5. The average Bonchev–Trinajstić information content (AvgIpc) is 3.14. The lowest BCUT2D eigenvalue weighted by atomic mass is 9.92. The molecule has 0 aliphatic carbocycles. The molecule has 3 rings (SSSR count). The molecule has 1 N–H and O–H groups in total. The molecule has 0 radical (unpaired) electrons. The zero-order chi connectivity index (χ0) is 17.3. The standard InChI is InChI=1S/C18H22N4O2/c1-4-22-10-9-15(20-22)19-18(24)14-11-16(23)21(3)17(14)13-7-5-12(2)6-8-13/h5-10,14,17H,4,11H2,1-3H3,(H,19,20,24). The summed E-state index contributed by atoms with van der Waals surface area (Å²) in [6.07, 6.45) is 2.04. The zero-order valence-electron chi connectivity index (χ0n) is 14.2. The summed E-state index contributed by atoms with van der Waals surface area (Å²) in [6, 6.07) is 9.50. The van der Waals surface area contributed by atoms with Crippen LogP contribution in [0.1, 0.15) is 30.5 Å². The van der Waals surface area contributed by atoms with Crippen LogP contribution in [0.25, 0.3) is 0 Å². The molecule has 6 heteroatoms. The van der Waals surface area contributed by atoms with Crippen LogP contribution in [-0.2, 0) is 16.1 Å².